The fraction of sp³-hybridized carbons (Fsp3) is 1.00. The summed E-state index contributed by atoms with van der Waals surface area (Å²) in [6.45, 7) is 34.0. The molecule has 0 radical (unpaired) electrons. The summed E-state index contributed by atoms with van der Waals surface area (Å²) in [7, 11) is 0. The third-order valence-corrected chi connectivity index (χ3v) is 5.77. The molecule has 0 rings (SSSR count). The molecular formula is C24H55N5. The Labute approximate surface area is 184 Å². The minimum absolute atomic E-state index is 0.228. The van der Waals surface area contributed by atoms with Crippen LogP contribution >= 0.6 is 0 Å². The van der Waals surface area contributed by atoms with Gasteiger partial charge in [0.15, 0.2) is 0 Å². The van der Waals surface area contributed by atoms with Gasteiger partial charge in [0.25, 0.3) is 0 Å². The largest absolute Gasteiger partial charge is 0.314 e. The molecule has 0 aromatic heterocycles. The molecule has 0 amide bonds. The lowest BCUT2D eigenvalue weighted by molar-refractivity contribution is 0.0996. The number of hydrogen-bond acceptors (Lipinski definition) is 5. The van der Waals surface area contributed by atoms with E-state index in [1.807, 2.05) is 0 Å². The molecule has 5 heteroatoms. The van der Waals surface area contributed by atoms with Crippen LogP contribution in [0.15, 0.2) is 0 Å². The minimum atomic E-state index is 0.228. The Kier molecular flexibility index (Phi) is 14.6. The first-order valence-corrected chi connectivity index (χ1v) is 12.1. The summed E-state index contributed by atoms with van der Waals surface area (Å²) in [5.74, 6) is 0. The van der Waals surface area contributed by atoms with E-state index in [1.54, 1.807) is 0 Å². The zero-order valence-corrected chi connectivity index (χ0v) is 21.8. The molecule has 2 N–H and O–H groups in total. The van der Waals surface area contributed by atoms with Gasteiger partial charge in [-0.1, -0.05) is 0 Å². The third kappa shape index (κ3) is 13.0. The van der Waals surface area contributed by atoms with Gasteiger partial charge in [0.2, 0.25) is 0 Å². The maximum absolute atomic E-state index is 3.66. The van der Waals surface area contributed by atoms with Gasteiger partial charge in [-0.2, -0.15) is 0 Å². The summed E-state index contributed by atoms with van der Waals surface area (Å²) < 4.78 is 0. The van der Waals surface area contributed by atoms with E-state index < -0.39 is 0 Å². The van der Waals surface area contributed by atoms with E-state index in [9.17, 15) is 0 Å². The fourth-order valence-electron chi connectivity index (χ4n) is 4.21. The first-order chi connectivity index (χ1) is 13.4. The van der Waals surface area contributed by atoms with E-state index in [-0.39, 0.29) is 5.54 Å². The number of rotatable bonds is 16. The highest BCUT2D eigenvalue weighted by Gasteiger charge is 2.23. The molecule has 0 saturated heterocycles. The van der Waals surface area contributed by atoms with Crippen molar-refractivity contribution < 1.29 is 0 Å². The quantitative estimate of drug-likeness (QED) is 0.379. The van der Waals surface area contributed by atoms with E-state index >= 15 is 0 Å². The highest BCUT2D eigenvalue weighted by Crippen LogP contribution is 2.15. The van der Waals surface area contributed by atoms with Crippen molar-refractivity contribution in [1.29, 1.82) is 0 Å². The van der Waals surface area contributed by atoms with Gasteiger partial charge in [0.1, 0.15) is 0 Å². The zero-order chi connectivity index (χ0) is 22.6. The van der Waals surface area contributed by atoms with Crippen LogP contribution < -0.4 is 10.6 Å². The highest BCUT2D eigenvalue weighted by atomic mass is 15.2. The SMILES string of the molecule is CC(C)N(CCNCCN(C(C)C)C(C)C)CCNCCN(C(C)C)C(C)(C)C. The lowest BCUT2D eigenvalue weighted by atomic mass is 10.0. The molecule has 0 aromatic carbocycles. The lowest BCUT2D eigenvalue weighted by Crippen LogP contribution is -2.49. The van der Waals surface area contributed by atoms with Crippen molar-refractivity contribution in [2.24, 2.45) is 0 Å². The summed E-state index contributed by atoms with van der Waals surface area (Å²) in [5.41, 5.74) is 0.228. The van der Waals surface area contributed by atoms with Gasteiger partial charge in [-0.25, -0.2) is 0 Å². The first-order valence-electron chi connectivity index (χ1n) is 12.1. The van der Waals surface area contributed by atoms with Crippen LogP contribution in [-0.4, -0.2) is 96.8 Å². The van der Waals surface area contributed by atoms with Gasteiger partial charge in [-0.3, -0.25) is 14.7 Å². The molecule has 0 aliphatic carbocycles. The molecule has 0 atom stereocenters. The van der Waals surface area contributed by atoms with Crippen molar-refractivity contribution in [3.05, 3.63) is 0 Å². The Hall–Kier alpha value is -0.200. The Balaban J connectivity index is 4.10. The molecule has 0 unspecified atom stereocenters. The second-order valence-corrected chi connectivity index (χ2v) is 10.5. The third-order valence-electron chi connectivity index (χ3n) is 5.77. The molecule has 5 nitrogen and oxygen atoms in total. The van der Waals surface area contributed by atoms with Gasteiger partial charge in [0, 0.05) is 82.1 Å². The van der Waals surface area contributed by atoms with Gasteiger partial charge >= 0.3 is 0 Å². The molecule has 0 spiro atoms. The van der Waals surface area contributed by atoms with Gasteiger partial charge < -0.3 is 10.6 Å². The van der Waals surface area contributed by atoms with Gasteiger partial charge in [-0.15, -0.1) is 0 Å². The van der Waals surface area contributed by atoms with E-state index in [1.165, 1.54) is 0 Å². The van der Waals surface area contributed by atoms with Crippen molar-refractivity contribution in [2.75, 3.05) is 52.4 Å². The summed E-state index contributed by atoms with van der Waals surface area (Å²) in [6, 6.07) is 2.39. The van der Waals surface area contributed by atoms with Crippen molar-refractivity contribution in [1.82, 2.24) is 25.3 Å². The molecule has 0 aliphatic rings. The predicted octanol–water partition coefficient (Wildman–Crippen LogP) is 3.50. The summed E-state index contributed by atoms with van der Waals surface area (Å²) in [4.78, 5) is 7.70. The standard InChI is InChI=1S/C24H55N5/c1-20(2)27(16-12-25-14-18-28(21(3)4)22(5)6)17-13-26-15-19-29(23(7)8)24(9,10)11/h20-23,25-26H,12-19H2,1-11H3. The normalized spacial score (nSPS) is 13.4. The maximum atomic E-state index is 3.66. The fourth-order valence-corrected chi connectivity index (χ4v) is 4.21. The summed E-state index contributed by atoms with van der Waals surface area (Å²) in [5, 5.41) is 7.31. The van der Waals surface area contributed by atoms with E-state index in [2.05, 4.69) is 101 Å². The van der Waals surface area contributed by atoms with Crippen molar-refractivity contribution >= 4 is 0 Å². The van der Waals surface area contributed by atoms with Crippen LogP contribution in [0.3, 0.4) is 0 Å². The van der Waals surface area contributed by atoms with Crippen LogP contribution in [0.5, 0.6) is 0 Å². The lowest BCUT2D eigenvalue weighted by Gasteiger charge is -2.39. The maximum Gasteiger partial charge on any atom is 0.0128 e. The molecule has 0 fully saturated rings. The highest BCUT2D eigenvalue weighted by molar-refractivity contribution is 4.79. The molecule has 0 bridgehead atoms. The van der Waals surface area contributed by atoms with Gasteiger partial charge in [0.05, 0.1) is 0 Å². The summed E-state index contributed by atoms with van der Waals surface area (Å²) in [6.07, 6.45) is 0. The Morgan fingerprint density at radius 2 is 0.966 bits per heavy atom. The number of nitrogens with zero attached hydrogens (tertiary/aromatic N) is 3. The number of nitrogens with one attached hydrogen (secondary N) is 2. The van der Waals surface area contributed by atoms with Gasteiger partial charge in [-0.05, 0) is 76.2 Å². The Morgan fingerprint density at radius 1 is 0.552 bits per heavy atom. The minimum Gasteiger partial charge on any atom is -0.314 e. The second-order valence-electron chi connectivity index (χ2n) is 10.5. The second kappa shape index (κ2) is 14.7. The van der Waals surface area contributed by atoms with Crippen molar-refractivity contribution in [2.45, 2.75) is 106 Å². The smallest absolute Gasteiger partial charge is 0.0128 e. The van der Waals surface area contributed by atoms with Crippen LogP contribution in [-0.2, 0) is 0 Å². The zero-order valence-electron chi connectivity index (χ0n) is 21.8. The Morgan fingerprint density at radius 3 is 1.31 bits per heavy atom. The monoisotopic (exact) mass is 413 g/mol. The molecular weight excluding hydrogens is 358 g/mol. The van der Waals surface area contributed by atoms with Crippen LogP contribution in [0.1, 0.15) is 76.2 Å². The van der Waals surface area contributed by atoms with Crippen molar-refractivity contribution in [3.63, 3.8) is 0 Å². The average Bonchev–Trinajstić information content (AvgIpc) is 2.56. The molecule has 0 aliphatic heterocycles. The Bertz CT molecular complexity index is 379. The van der Waals surface area contributed by atoms with E-state index in [4.69, 9.17) is 0 Å². The van der Waals surface area contributed by atoms with Crippen LogP contribution in [0.25, 0.3) is 0 Å². The van der Waals surface area contributed by atoms with Crippen LogP contribution in [0, 0.1) is 0 Å². The van der Waals surface area contributed by atoms with Crippen molar-refractivity contribution in [3.8, 4) is 0 Å². The average molecular weight is 414 g/mol. The molecule has 176 valence electrons. The van der Waals surface area contributed by atoms with E-state index in [0.29, 0.717) is 24.2 Å². The number of hydrogen-bond donors (Lipinski definition) is 2. The first kappa shape index (κ1) is 28.8. The molecule has 0 saturated carbocycles. The predicted molar refractivity (Wildman–Crippen MR) is 131 cm³/mol. The van der Waals surface area contributed by atoms with Crippen LogP contribution in [0.2, 0.25) is 0 Å². The van der Waals surface area contributed by atoms with E-state index in [0.717, 1.165) is 52.4 Å². The van der Waals surface area contributed by atoms with Crippen LogP contribution in [0.4, 0.5) is 0 Å². The molecule has 29 heavy (non-hydrogen) atoms. The summed E-state index contributed by atoms with van der Waals surface area (Å²) >= 11 is 0. The molecule has 0 aromatic rings. The topological polar surface area (TPSA) is 33.8 Å². The molecule has 0 heterocycles.